The molecule has 0 aliphatic carbocycles. The van der Waals surface area contributed by atoms with Gasteiger partial charge in [-0.2, -0.15) is 4.98 Å². The van der Waals surface area contributed by atoms with E-state index in [2.05, 4.69) is 9.97 Å². The summed E-state index contributed by atoms with van der Waals surface area (Å²) in [5.41, 5.74) is 1.11. The van der Waals surface area contributed by atoms with Gasteiger partial charge >= 0.3 is 13.1 Å². The number of aromatic nitrogens is 2. The highest BCUT2D eigenvalue weighted by molar-refractivity contribution is 6.58. The molecule has 0 aliphatic heterocycles. The van der Waals surface area contributed by atoms with Crippen molar-refractivity contribution in [3.05, 3.63) is 24.4 Å². The second kappa shape index (κ2) is 3.84. The van der Waals surface area contributed by atoms with Crippen LogP contribution in [0.25, 0.3) is 10.9 Å². The number of ether oxygens (including phenoxy) is 1. The fourth-order valence-corrected chi connectivity index (χ4v) is 1.29. The van der Waals surface area contributed by atoms with Crippen molar-refractivity contribution in [2.45, 2.75) is 0 Å². The van der Waals surface area contributed by atoms with E-state index in [0.29, 0.717) is 17.0 Å². The molecule has 2 rings (SSSR count). The molecule has 2 N–H and O–H groups in total. The predicted octanol–water partition coefficient (Wildman–Crippen LogP) is -0.682. The van der Waals surface area contributed by atoms with Crippen LogP contribution in [0, 0.1) is 0 Å². The molecule has 15 heavy (non-hydrogen) atoms. The van der Waals surface area contributed by atoms with Crippen molar-refractivity contribution in [2.75, 3.05) is 7.11 Å². The first-order chi connectivity index (χ1) is 7.20. The van der Waals surface area contributed by atoms with Gasteiger partial charge in [0.2, 0.25) is 0 Å². The van der Waals surface area contributed by atoms with Crippen molar-refractivity contribution < 1.29 is 14.8 Å². The third-order valence-electron chi connectivity index (χ3n) is 2.06. The lowest BCUT2D eigenvalue weighted by Crippen LogP contribution is -2.29. The SMILES string of the molecule is COc1ncc2cc(B(O)O)ccc2n1. The van der Waals surface area contributed by atoms with E-state index in [1.807, 2.05) is 0 Å². The molecular weight excluding hydrogens is 195 g/mol. The molecule has 0 saturated carbocycles. The molecule has 0 fully saturated rings. The summed E-state index contributed by atoms with van der Waals surface area (Å²) in [7, 11) is 0.0176. The van der Waals surface area contributed by atoms with E-state index in [1.54, 1.807) is 24.4 Å². The van der Waals surface area contributed by atoms with Crippen LogP contribution < -0.4 is 10.2 Å². The number of hydrogen-bond acceptors (Lipinski definition) is 5. The molecular formula is C9H9BN2O3. The van der Waals surface area contributed by atoms with Gasteiger partial charge in [-0.25, -0.2) is 4.98 Å². The molecule has 1 heterocycles. The lowest BCUT2D eigenvalue weighted by molar-refractivity contribution is 0.382. The summed E-state index contributed by atoms with van der Waals surface area (Å²) in [4.78, 5) is 8.03. The largest absolute Gasteiger partial charge is 0.488 e. The molecule has 0 saturated heterocycles. The summed E-state index contributed by atoms with van der Waals surface area (Å²) < 4.78 is 4.88. The molecule has 0 aliphatic rings. The zero-order chi connectivity index (χ0) is 10.8. The number of hydrogen-bond donors (Lipinski definition) is 2. The van der Waals surface area contributed by atoms with Crippen LogP contribution in [0.4, 0.5) is 0 Å². The standard InChI is InChI=1S/C9H9BN2O3/c1-15-9-11-5-6-4-7(10(13)14)2-3-8(6)12-9/h2-5,13-14H,1H3. The van der Waals surface area contributed by atoms with Crippen LogP contribution >= 0.6 is 0 Å². The van der Waals surface area contributed by atoms with Gasteiger partial charge in [0.15, 0.2) is 0 Å². The van der Waals surface area contributed by atoms with Gasteiger partial charge in [-0.3, -0.25) is 0 Å². The molecule has 1 aromatic carbocycles. The third-order valence-corrected chi connectivity index (χ3v) is 2.06. The maximum atomic E-state index is 8.97. The highest BCUT2D eigenvalue weighted by atomic mass is 16.5. The van der Waals surface area contributed by atoms with E-state index in [1.165, 1.54) is 7.11 Å². The van der Waals surface area contributed by atoms with Gasteiger partial charge in [-0.15, -0.1) is 0 Å². The Morgan fingerprint density at radius 1 is 1.33 bits per heavy atom. The molecule has 0 atom stereocenters. The van der Waals surface area contributed by atoms with Crippen molar-refractivity contribution in [3.63, 3.8) is 0 Å². The van der Waals surface area contributed by atoms with Gasteiger partial charge in [0.1, 0.15) is 0 Å². The average molecular weight is 204 g/mol. The summed E-state index contributed by atoms with van der Waals surface area (Å²) >= 11 is 0. The van der Waals surface area contributed by atoms with E-state index in [-0.39, 0.29) is 0 Å². The van der Waals surface area contributed by atoms with E-state index in [4.69, 9.17) is 14.8 Å². The zero-order valence-corrected chi connectivity index (χ0v) is 8.08. The van der Waals surface area contributed by atoms with E-state index in [9.17, 15) is 0 Å². The molecule has 0 spiro atoms. The van der Waals surface area contributed by atoms with Gasteiger partial charge in [0, 0.05) is 11.6 Å². The summed E-state index contributed by atoms with van der Waals surface area (Å²) in [5, 5.41) is 18.7. The summed E-state index contributed by atoms with van der Waals surface area (Å²) in [6.45, 7) is 0. The van der Waals surface area contributed by atoms with Crippen LogP contribution in [-0.2, 0) is 0 Å². The smallest absolute Gasteiger partial charge is 0.467 e. The lowest BCUT2D eigenvalue weighted by atomic mass is 9.80. The summed E-state index contributed by atoms with van der Waals surface area (Å²) in [5.74, 6) is 0. The Balaban J connectivity index is 2.55. The number of benzene rings is 1. The Morgan fingerprint density at radius 2 is 2.13 bits per heavy atom. The molecule has 1 aromatic heterocycles. The van der Waals surface area contributed by atoms with Crippen LogP contribution in [0.3, 0.4) is 0 Å². The van der Waals surface area contributed by atoms with Crippen LogP contribution in [0.5, 0.6) is 6.01 Å². The minimum absolute atomic E-state index is 0.291. The molecule has 5 nitrogen and oxygen atoms in total. The lowest BCUT2D eigenvalue weighted by Gasteiger charge is -2.02. The Hall–Kier alpha value is -1.66. The van der Waals surface area contributed by atoms with Crippen molar-refractivity contribution in [2.24, 2.45) is 0 Å². The Kier molecular flexibility index (Phi) is 2.53. The minimum Gasteiger partial charge on any atom is -0.467 e. The highest BCUT2D eigenvalue weighted by Crippen LogP contribution is 2.11. The van der Waals surface area contributed by atoms with Crippen molar-refractivity contribution >= 4 is 23.5 Å². The van der Waals surface area contributed by atoms with Crippen LogP contribution in [-0.4, -0.2) is 34.2 Å². The number of nitrogens with zero attached hydrogens (tertiary/aromatic N) is 2. The molecule has 2 aromatic rings. The van der Waals surface area contributed by atoms with E-state index in [0.717, 1.165) is 5.39 Å². The van der Waals surface area contributed by atoms with E-state index < -0.39 is 7.12 Å². The molecule has 6 heteroatoms. The van der Waals surface area contributed by atoms with Crippen molar-refractivity contribution in [1.29, 1.82) is 0 Å². The normalized spacial score (nSPS) is 10.3. The second-order valence-corrected chi connectivity index (χ2v) is 3.05. The monoisotopic (exact) mass is 204 g/mol. The number of fused-ring (bicyclic) bond motifs is 1. The molecule has 0 radical (unpaired) electrons. The van der Waals surface area contributed by atoms with Crippen LogP contribution in [0.15, 0.2) is 24.4 Å². The zero-order valence-electron chi connectivity index (χ0n) is 8.08. The van der Waals surface area contributed by atoms with Gasteiger partial charge in [0.25, 0.3) is 0 Å². The fourth-order valence-electron chi connectivity index (χ4n) is 1.29. The second-order valence-electron chi connectivity index (χ2n) is 3.05. The first kappa shape index (κ1) is 9.88. The van der Waals surface area contributed by atoms with Crippen LogP contribution in [0.1, 0.15) is 0 Å². The quantitative estimate of drug-likeness (QED) is 0.633. The third kappa shape index (κ3) is 1.90. The number of rotatable bonds is 2. The summed E-state index contributed by atoms with van der Waals surface area (Å²) in [6, 6.07) is 5.20. The molecule has 76 valence electrons. The van der Waals surface area contributed by atoms with Gasteiger partial charge in [-0.05, 0) is 11.5 Å². The molecule has 0 unspecified atom stereocenters. The van der Waals surface area contributed by atoms with Crippen molar-refractivity contribution in [3.8, 4) is 6.01 Å². The van der Waals surface area contributed by atoms with Gasteiger partial charge in [-0.1, -0.05) is 12.1 Å². The van der Waals surface area contributed by atoms with Crippen LogP contribution in [0.2, 0.25) is 0 Å². The Morgan fingerprint density at radius 3 is 2.80 bits per heavy atom. The Bertz CT molecular complexity index is 490. The summed E-state index contributed by atoms with van der Waals surface area (Å²) in [6.07, 6.45) is 1.58. The fraction of sp³-hybridized carbons (Fsp3) is 0.111. The average Bonchev–Trinajstić information content (AvgIpc) is 2.27. The van der Waals surface area contributed by atoms with E-state index >= 15 is 0 Å². The minimum atomic E-state index is -1.48. The topological polar surface area (TPSA) is 75.5 Å². The Labute approximate surface area is 86.5 Å². The molecule has 0 bridgehead atoms. The predicted molar refractivity (Wildman–Crippen MR) is 55.9 cm³/mol. The maximum absolute atomic E-state index is 8.97. The number of methoxy groups -OCH3 is 1. The van der Waals surface area contributed by atoms with Gasteiger partial charge < -0.3 is 14.8 Å². The molecule has 0 amide bonds. The maximum Gasteiger partial charge on any atom is 0.488 e. The first-order valence-corrected chi connectivity index (χ1v) is 4.37. The first-order valence-electron chi connectivity index (χ1n) is 4.37. The highest BCUT2D eigenvalue weighted by Gasteiger charge is 2.11. The van der Waals surface area contributed by atoms with Crippen molar-refractivity contribution in [1.82, 2.24) is 9.97 Å². The van der Waals surface area contributed by atoms with Gasteiger partial charge in [0.05, 0.1) is 12.6 Å².